The summed E-state index contributed by atoms with van der Waals surface area (Å²) in [6.07, 6.45) is 6.51. The third-order valence-electron chi connectivity index (χ3n) is 5.48. The lowest BCUT2D eigenvalue weighted by Gasteiger charge is -2.53. The molecule has 0 radical (unpaired) electrons. The normalized spacial score (nSPS) is 22.9. The van der Waals surface area contributed by atoms with Gasteiger partial charge in [0.1, 0.15) is 0 Å². The molecule has 2 fully saturated rings. The van der Waals surface area contributed by atoms with E-state index in [1.807, 2.05) is 24.0 Å². The van der Waals surface area contributed by atoms with Crippen LogP contribution in [0.15, 0.2) is 18.3 Å². The van der Waals surface area contributed by atoms with Crippen LogP contribution < -0.4 is 0 Å². The van der Waals surface area contributed by atoms with Gasteiger partial charge in [0.15, 0.2) is 0 Å². The first-order valence-corrected chi connectivity index (χ1v) is 8.48. The molecule has 0 bridgehead atoms. The lowest BCUT2D eigenvalue weighted by atomic mass is 9.60. The van der Waals surface area contributed by atoms with Crippen LogP contribution in [-0.2, 0) is 9.47 Å². The van der Waals surface area contributed by atoms with E-state index in [9.17, 15) is 4.79 Å². The van der Waals surface area contributed by atoms with Crippen LogP contribution in [0.1, 0.15) is 41.7 Å². The zero-order valence-electron chi connectivity index (χ0n) is 14.1. The Morgan fingerprint density at radius 3 is 2.74 bits per heavy atom. The van der Waals surface area contributed by atoms with E-state index in [2.05, 4.69) is 4.98 Å². The van der Waals surface area contributed by atoms with Crippen LogP contribution in [-0.4, -0.2) is 55.3 Å². The van der Waals surface area contributed by atoms with Crippen molar-refractivity contribution in [3.8, 4) is 0 Å². The average molecular weight is 318 g/mol. The lowest BCUT2D eigenvalue weighted by molar-refractivity contribution is -0.139. The van der Waals surface area contributed by atoms with Gasteiger partial charge in [0.25, 0.3) is 5.91 Å². The fourth-order valence-corrected chi connectivity index (χ4v) is 3.81. The van der Waals surface area contributed by atoms with Crippen molar-refractivity contribution in [1.29, 1.82) is 0 Å². The number of carbonyl (C=O) groups excluding carboxylic acids is 1. The molecular formula is C18H26N2O3. The van der Waals surface area contributed by atoms with Crippen molar-refractivity contribution in [2.75, 3.05) is 33.4 Å². The van der Waals surface area contributed by atoms with Gasteiger partial charge in [0.2, 0.25) is 0 Å². The summed E-state index contributed by atoms with van der Waals surface area (Å²) in [5.41, 5.74) is 1.82. The Labute approximate surface area is 138 Å². The molecule has 1 saturated carbocycles. The summed E-state index contributed by atoms with van der Waals surface area (Å²) >= 11 is 0. The van der Waals surface area contributed by atoms with Gasteiger partial charge in [0.05, 0.1) is 24.9 Å². The molecule has 1 atom stereocenters. The Morgan fingerprint density at radius 2 is 2.13 bits per heavy atom. The number of likely N-dealkylation sites (tertiary alicyclic amines) is 1. The molecule has 1 aliphatic heterocycles. The SMILES string of the molecule is COCCOC1CCC12CCN(C(=O)c1cccnc1C)CC2. The molecule has 1 spiro atoms. The minimum absolute atomic E-state index is 0.113. The Kier molecular flexibility index (Phi) is 4.97. The molecule has 126 valence electrons. The van der Waals surface area contributed by atoms with Gasteiger partial charge in [-0.05, 0) is 44.7 Å². The van der Waals surface area contributed by atoms with Gasteiger partial charge in [-0.25, -0.2) is 0 Å². The number of piperidine rings is 1. The van der Waals surface area contributed by atoms with Crippen LogP contribution in [0.3, 0.4) is 0 Å². The molecule has 23 heavy (non-hydrogen) atoms. The highest BCUT2D eigenvalue weighted by atomic mass is 16.5. The largest absolute Gasteiger partial charge is 0.382 e. The first kappa shape index (κ1) is 16.4. The van der Waals surface area contributed by atoms with Gasteiger partial charge in [-0.2, -0.15) is 0 Å². The standard InChI is InChI=1S/C18H26N2O3/c1-14-15(4-3-9-19-14)17(21)20-10-7-18(8-11-20)6-5-16(18)23-13-12-22-2/h3-4,9,16H,5-8,10-13H2,1-2H3. The molecule has 5 heteroatoms. The van der Waals surface area contributed by atoms with E-state index >= 15 is 0 Å². The summed E-state index contributed by atoms with van der Waals surface area (Å²) in [7, 11) is 1.70. The number of nitrogens with zero attached hydrogens (tertiary/aromatic N) is 2. The molecule has 1 aromatic rings. The minimum Gasteiger partial charge on any atom is -0.382 e. The highest BCUT2D eigenvalue weighted by Gasteiger charge is 2.49. The molecule has 0 N–H and O–H groups in total. The van der Waals surface area contributed by atoms with Crippen LogP contribution in [0.25, 0.3) is 0 Å². The Balaban J connectivity index is 1.56. The molecule has 1 aromatic heterocycles. The number of ether oxygens (including phenoxy) is 2. The second-order valence-corrected chi connectivity index (χ2v) is 6.68. The van der Waals surface area contributed by atoms with Crippen molar-refractivity contribution < 1.29 is 14.3 Å². The molecule has 1 unspecified atom stereocenters. The van der Waals surface area contributed by atoms with Crippen molar-refractivity contribution in [3.63, 3.8) is 0 Å². The van der Waals surface area contributed by atoms with E-state index in [1.54, 1.807) is 13.3 Å². The topological polar surface area (TPSA) is 51.7 Å². The summed E-state index contributed by atoms with van der Waals surface area (Å²) in [5, 5.41) is 0. The second kappa shape index (κ2) is 6.97. The predicted octanol–water partition coefficient (Wildman–Crippen LogP) is 2.44. The molecule has 1 saturated heterocycles. The van der Waals surface area contributed by atoms with E-state index in [1.165, 1.54) is 6.42 Å². The van der Waals surface area contributed by atoms with Crippen LogP contribution in [0, 0.1) is 12.3 Å². The zero-order valence-corrected chi connectivity index (χ0v) is 14.1. The molecule has 0 aromatic carbocycles. The third-order valence-corrected chi connectivity index (χ3v) is 5.48. The fraction of sp³-hybridized carbons (Fsp3) is 0.667. The first-order chi connectivity index (χ1) is 11.2. The lowest BCUT2D eigenvalue weighted by Crippen LogP contribution is -2.54. The maximum Gasteiger partial charge on any atom is 0.255 e. The summed E-state index contributed by atoms with van der Waals surface area (Å²) in [6.45, 7) is 4.84. The van der Waals surface area contributed by atoms with E-state index in [-0.39, 0.29) is 11.3 Å². The van der Waals surface area contributed by atoms with Crippen LogP contribution in [0.4, 0.5) is 0 Å². The van der Waals surface area contributed by atoms with E-state index in [0.717, 1.165) is 43.6 Å². The van der Waals surface area contributed by atoms with Gasteiger partial charge >= 0.3 is 0 Å². The summed E-state index contributed by atoms with van der Waals surface area (Å²) < 4.78 is 11.0. The number of carbonyl (C=O) groups is 1. The van der Waals surface area contributed by atoms with Gasteiger partial charge < -0.3 is 14.4 Å². The number of rotatable bonds is 5. The zero-order chi connectivity index (χ0) is 16.3. The molecule has 5 nitrogen and oxygen atoms in total. The minimum atomic E-state index is 0.113. The van der Waals surface area contributed by atoms with E-state index < -0.39 is 0 Å². The summed E-state index contributed by atoms with van der Waals surface area (Å²) in [5.74, 6) is 0.113. The smallest absolute Gasteiger partial charge is 0.255 e. The van der Waals surface area contributed by atoms with E-state index in [4.69, 9.17) is 9.47 Å². The third kappa shape index (κ3) is 3.26. The maximum atomic E-state index is 12.7. The molecular weight excluding hydrogens is 292 g/mol. The fourth-order valence-electron chi connectivity index (χ4n) is 3.81. The molecule has 2 aliphatic rings. The summed E-state index contributed by atoms with van der Waals surface area (Å²) in [6, 6.07) is 3.70. The highest BCUT2D eigenvalue weighted by Crippen LogP contribution is 2.50. The number of amides is 1. The number of aromatic nitrogens is 1. The van der Waals surface area contributed by atoms with Gasteiger partial charge in [-0.3, -0.25) is 9.78 Å². The van der Waals surface area contributed by atoms with Crippen molar-refractivity contribution >= 4 is 5.91 Å². The van der Waals surface area contributed by atoms with Crippen molar-refractivity contribution in [1.82, 2.24) is 9.88 Å². The van der Waals surface area contributed by atoms with Gasteiger partial charge in [-0.1, -0.05) is 0 Å². The Bertz CT molecular complexity index is 553. The number of aryl methyl sites for hydroxylation is 1. The Hall–Kier alpha value is -1.46. The number of hydrogen-bond acceptors (Lipinski definition) is 4. The first-order valence-electron chi connectivity index (χ1n) is 8.48. The average Bonchev–Trinajstić information content (AvgIpc) is 2.58. The molecule has 2 heterocycles. The number of methoxy groups -OCH3 is 1. The second-order valence-electron chi connectivity index (χ2n) is 6.68. The van der Waals surface area contributed by atoms with Crippen molar-refractivity contribution in [2.45, 2.75) is 38.7 Å². The van der Waals surface area contributed by atoms with Gasteiger partial charge in [-0.15, -0.1) is 0 Å². The van der Waals surface area contributed by atoms with Gasteiger partial charge in [0, 0.05) is 37.5 Å². The quantitative estimate of drug-likeness (QED) is 0.783. The number of hydrogen-bond donors (Lipinski definition) is 0. The highest BCUT2D eigenvalue weighted by molar-refractivity contribution is 5.95. The van der Waals surface area contributed by atoms with Crippen molar-refractivity contribution in [2.24, 2.45) is 5.41 Å². The van der Waals surface area contributed by atoms with Crippen LogP contribution in [0.2, 0.25) is 0 Å². The molecule has 1 amide bonds. The summed E-state index contributed by atoms with van der Waals surface area (Å²) in [4.78, 5) is 18.9. The van der Waals surface area contributed by atoms with Crippen molar-refractivity contribution in [3.05, 3.63) is 29.6 Å². The maximum absolute atomic E-state index is 12.7. The van der Waals surface area contributed by atoms with Crippen LogP contribution in [0.5, 0.6) is 0 Å². The molecule has 1 aliphatic carbocycles. The predicted molar refractivity (Wildman–Crippen MR) is 87.4 cm³/mol. The van der Waals surface area contributed by atoms with Crippen LogP contribution >= 0.6 is 0 Å². The van der Waals surface area contributed by atoms with E-state index in [0.29, 0.717) is 19.3 Å². The number of pyridine rings is 1. The Morgan fingerprint density at radius 1 is 1.35 bits per heavy atom. The molecule has 3 rings (SSSR count). The monoisotopic (exact) mass is 318 g/mol.